The van der Waals surface area contributed by atoms with E-state index in [1.54, 1.807) is 6.08 Å². The lowest BCUT2D eigenvalue weighted by Crippen LogP contribution is -2.66. The molecule has 3 aliphatic rings. The Hall–Kier alpha value is -1.99. The zero-order valence-corrected chi connectivity index (χ0v) is 56.6. The van der Waals surface area contributed by atoms with Gasteiger partial charge < -0.3 is 89.9 Å². The second-order valence-electron chi connectivity index (χ2n) is 26.4. The minimum absolute atomic E-state index is 0.244. The van der Waals surface area contributed by atoms with Gasteiger partial charge in [0.1, 0.15) is 73.2 Å². The number of unbranched alkanes of at least 4 members (excludes halogenated alkanes) is 37. The second kappa shape index (κ2) is 54.1. The molecule has 0 bridgehead atoms. The van der Waals surface area contributed by atoms with Gasteiger partial charge in [0.25, 0.3) is 0 Å². The standard InChI is InChI=1S/C72H133NO18/c1-3-5-7-9-11-13-15-17-19-21-23-25-26-27-28-30-32-34-36-38-40-42-44-46-48-50-60(78)73-55(56(77)49-47-45-43-41-39-37-35-33-31-29-24-22-20-18-16-14-12-10-8-6-4-2)54-86-70-66(84)63(81)68(58(52-75)88-70)91-72-67(85)64(82)69(59(53-76)89-72)90-71-65(83)62(80)61(79)57(51-74)87-71/h15,17,21,23,47,49,55-59,61-72,74-77,79-85H,3-14,16,18-20,22,24-46,48,50-54H2,1-2H3,(H,73,78)/b17-15-,23-21-,49-47+. The molecule has 19 heteroatoms. The first-order valence-corrected chi connectivity index (χ1v) is 36.7. The van der Waals surface area contributed by atoms with Gasteiger partial charge in [-0.25, -0.2) is 0 Å². The molecule has 0 aromatic carbocycles. The van der Waals surface area contributed by atoms with E-state index in [9.17, 15) is 61.0 Å². The molecule has 3 aliphatic heterocycles. The molecule has 534 valence electrons. The van der Waals surface area contributed by atoms with Gasteiger partial charge in [-0.3, -0.25) is 4.79 Å². The largest absolute Gasteiger partial charge is 0.394 e. The highest BCUT2D eigenvalue weighted by atomic mass is 16.8. The molecular weight excluding hydrogens is 1170 g/mol. The van der Waals surface area contributed by atoms with Crippen LogP contribution in [0.1, 0.15) is 284 Å². The van der Waals surface area contributed by atoms with E-state index in [0.29, 0.717) is 6.42 Å². The number of nitrogens with one attached hydrogen (secondary N) is 1. The minimum atomic E-state index is -1.98. The molecule has 19 nitrogen and oxygen atoms in total. The Morgan fingerprint density at radius 2 is 0.725 bits per heavy atom. The summed E-state index contributed by atoms with van der Waals surface area (Å²) in [6.45, 7) is 1.76. The average Bonchev–Trinajstić information content (AvgIpc) is 0.883. The fraction of sp³-hybridized carbons (Fsp3) is 0.903. The second-order valence-corrected chi connectivity index (χ2v) is 26.4. The molecule has 91 heavy (non-hydrogen) atoms. The lowest BCUT2D eigenvalue weighted by molar-refractivity contribution is -0.379. The van der Waals surface area contributed by atoms with Gasteiger partial charge in [0.15, 0.2) is 18.9 Å². The Labute approximate surface area is 549 Å². The summed E-state index contributed by atoms with van der Waals surface area (Å²) in [7, 11) is 0. The fourth-order valence-corrected chi connectivity index (χ4v) is 12.5. The summed E-state index contributed by atoms with van der Waals surface area (Å²) in [6, 6.07) is -0.974. The van der Waals surface area contributed by atoms with Crippen molar-refractivity contribution in [2.75, 3.05) is 26.4 Å². The van der Waals surface area contributed by atoms with E-state index in [-0.39, 0.29) is 18.9 Å². The van der Waals surface area contributed by atoms with Crippen LogP contribution in [0.2, 0.25) is 0 Å². The number of hydrogen-bond acceptors (Lipinski definition) is 18. The lowest BCUT2D eigenvalue weighted by atomic mass is 9.96. The first-order valence-electron chi connectivity index (χ1n) is 36.7. The predicted octanol–water partition coefficient (Wildman–Crippen LogP) is 10.4. The maximum atomic E-state index is 13.4. The Kier molecular flexibility index (Phi) is 49.5. The number of ether oxygens (including phenoxy) is 6. The van der Waals surface area contributed by atoms with Gasteiger partial charge in [-0.15, -0.1) is 0 Å². The van der Waals surface area contributed by atoms with E-state index in [2.05, 4.69) is 43.5 Å². The maximum absolute atomic E-state index is 13.4. The molecule has 12 N–H and O–H groups in total. The van der Waals surface area contributed by atoms with Gasteiger partial charge in [-0.05, 0) is 51.4 Å². The van der Waals surface area contributed by atoms with Crippen LogP contribution in [0.15, 0.2) is 36.5 Å². The van der Waals surface area contributed by atoms with Crippen molar-refractivity contribution in [2.24, 2.45) is 0 Å². The van der Waals surface area contributed by atoms with Crippen molar-refractivity contribution in [3.05, 3.63) is 36.5 Å². The number of rotatable bonds is 57. The topological polar surface area (TPSA) is 307 Å². The molecule has 0 aromatic heterocycles. The summed E-state index contributed by atoms with van der Waals surface area (Å²) >= 11 is 0. The lowest BCUT2D eigenvalue weighted by Gasteiger charge is -2.48. The summed E-state index contributed by atoms with van der Waals surface area (Å²) in [5.41, 5.74) is 0. The van der Waals surface area contributed by atoms with Gasteiger partial charge in [0.05, 0.1) is 38.6 Å². The van der Waals surface area contributed by atoms with Gasteiger partial charge in [0.2, 0.25) is 5.91 Å². The number of carbonyl (C=O) groups is 1. The summed E-state index contributed by atoms with van der Waals surface area (Å²) in [5.74, 6) is -0.273. The molecule has 17 unspecified atom stereocenters. The molecule has 0 aliphatic carbocycles. The Morgan fingerprint density at radius 3 is 1.12 bits per heavy atom. The predicted molar refractivity (Wildman–Crippen MR) is 356 cm³/mol. The average molecular weight is 1300 g/mol. The van der Waals surface area contributed by atoms with Crippen molar-refractivity contribution < 1.29 is 89.4 Å². The Bertz CT molecular complexity index is 1790. The summed E-state index contributed by atoms with van der Waals surface area (Å²) < 4.78 is 34.4. The SMILES string of the molecule is CCCCCCC/C=C\C/C=C\CCCCCCCCCCCCCCCC(=O)NC(COC1OC(CO)C(OC2OC(CO)C(OC3OC(CO)C(O)C(O)C3O)C(O)C2O)C(O)C1O)C(O)/C=C/CCCCCCCCCCCCCCCCCCCCC. The minimum Gasteiger partial charge on any atom is -0.394 e. The number of carbonyl (C=O) groups excluding carboxylic acids is 1. The number of aliphatic hydroxyl groups is 11. The smallest absolute Gasteiger partial charge is 0.220 e. The molecular formula is C72H133NO18. The van der Waals surface area contributed by atoms with Crippen molar-refractivity contribution in [3.8, 4) is 0 Å². The van der Waals surface area contributed by atoms with Crippen LogP contribution in [0.4, 0.5) is 0 Å². The van der Waals surface area contributed by atoms with Gasteiger partial charge in [-0.1, -0.05) is 262 Å². The highest BCUT2D eigenvalue weighted by Crippen LogP contribution is 2.33. The molecule has 3 saturated heterocycles. The molecule has 0 aromatic rings. The van der Waals surface area contributed by atoms with Crippen LogP contribution >= 0.6 is 0 Å². The van der Waals surface area contributed by atoms with E-state index in [0.717, 1.165) is 51.4 Å². The van der Waals surface area contributed by atoms with Crippen LogP contribution in [-0.4, -0.2) is 193 Å². The van der Waals surface area contributed by atoms with E-state index >= 15 is 0 Å². The van der Waals surface area contributed by atoms with Crippen molar-refractivity contribution >= 4 is 5.91 Å². The zero-order chi connectivity index (χ0) is 66.1. The monoisotopic (exact) mass is 1300 g/mol. The van der Waals surface area contributed by atoms with Crippen LogP contribution in [0, 0.1) is 0 Å². The summed E-state index contributed by atoms with van der Waals surface area (Å²) in [6.07, 6.45) is 36.8. The molecule has 0 saturated carbocycles. The fourth-order valence-electron chi connectivity index (χ4n) is 12.5. The van der Waals surface area contributed by atoms with Gasteiger partial charge in [-0.2, -0.15) is 0 Å². The van der Waals surface area contributed by atoms with Crippen LogP contribution < -0.4 is 5.32 Å². The van der Waals surface area contributed by atoms with E-state index < -0.39 is 124 Å². The van der Waals surface area contributed by atoms with Gasteiger partial charge in [0, 0.05) is 6.42 Å². The molecule has 3 heterocycles. The van der Waals surface area contributed by atoms with E-state index in [1.165, 1.54) is 205 Å². The molecule has 0 spiro atoms. The third-order valence-corrected chi connectivity index (χ3v) is 18.4. The molecule has 3 fully saturated rings. The molecule has 0 radical (unpaired) electrons. The molecule has 1 amide bonds. The van der Waals surface area contributed by atoms with Crippen molar-refractivity contribution in [3.63, 3.8) is 0 Å². The van der Waals surface area contributed by atoms with Crippen molar-refractivity contribution in [1.29, 1.82) is 0 Å². The van der Waals surface area contributed by atoms with Gasteiger partial charge >= 0.3 is 0 Å². The van der Waals surface area contributed by atoms with E-state index in [4.69, 9.17) is 28.4 Å². The number of hydrogen-bond donors (Lipinski definition) is 12. The van der Waals surface area contributed by atoms with Crippen LogP contribution in [0.5, 0.6) is 0 Å². The highest BCUT2D eigenvalue weighted by Gasteiger charge is 2.53. The normalized spacial score (nSPS) is 28.0. The van der Waals surface area contributed by atoms with Crippen molar-refractivity contribution in [2.45, 2.75) is 388 Å². The highest BCUT2D eigenvalue weighted by molar-refractivity contribution is 5.76. The summed E-state index contributed by atoms with van der Waals surface area (Å²) in [4.78, 5) is 13.4. The van der Waals surface area contributed by atoms with Crippen LogP contribution in [-0.2, 0) is 33.2 Å². The van der Waals surface area contributed by atoms with Crippen molar-refractivity contribution in [1.82, 2.24) is 5.32 Å². The molecule has 17 atom stereocenters. The Balaban J connectivity index is 1.42. The van der Waals surface area contributed by atoms with Crippen LogP contribution in [0.25, 0.3) is 0 Å². The van der Waals surface area contributed by atoms with E-state index in [1.807, 2.05) is 6.08 Å². The zero-order valence-electron chi connectivity index (χ0n) is 56.6. The number of allylic oxidation sites excluding steroid dienone is 5. The van der Waals surface area contributed by atoms with Crippen LogP contribution in [0.3, 0.4) is 0 Å². The number of amides is 1. The maximum Gasteiger partial charge on any atom is 0.220 e. The quantitative estimate of drug-likeness (QED) is 0.0199. The Morgan fingerprint density at radius 1 is 0.396 bits per heavy atom. The first kappa shape index (κ1) is 83.2. The summed E-state index contributed by atoms with van der Waals surface area (Å²) in [5, 5.41) is 121. The number of aliphatic hydroxyl groups excluding tert-OH is 11. The molecule has 3 rings (SSSR count). The first-order chi connectivity index (χ1) is 44.3. The third-order valence-electron chi connectivity index (χ3n) is 18.4. The third kappa shape index (κ3) is 35.7.